The van der Waals surface area contributed by atoms with Crippen molar-refractivity contribution in [3.05, 3.63) is 71.8 Å². The van der Waals surface area contributed by atoms with E-state index in [2.05, 4.69) is 23.4 Å². The van der Waals surface area contributed by atoms with E-state index in [1.54, 1.807) is 34.8 Å². The summed E-state index contributed by atoms with van der Waals surface area (Å²) in [7, 11) is -5.41. The van der Waals surface area contributed by atoms with Gasteiger partial charge in [-0.25, -0.2) is 18.3 Å². The molecule has 25 heteroatoms. The molecular weight excluding hydrogens is 955 g/mol. The van der Waals surface area contributed by atoms with E-state index in [9.17, 15) is 36.6 Å². The molecule has 20 nitrogen and oxygen atoms in total. The number of ether oxygens (including phenoxy) is 2. The molecule has 2 radical (unpaired) electrons. The Labute approximate surface area is 426 Å². The van der Waals surface area contributed by atoms with Crippen LogP contribution < -0.4 is 34.9 Å². The van der Waals surface area contributed by atoms with Crippen molar-refractivity contribution in [2.24, 2.45) is 8.73 Å². The summed E-state index contributed by atoms with van der Waals surface area (Å²) in [5.74, 6) is -1.65. The Kier molecular flexibility index (Phi) is 34.9. The zero-order valence-electron chi connectivity index (χ0n) is 41.2. The van der Waals surface area contributed by atoms with E-state index < -0.39 is 47.1 Å². The van der Waals surface area contributed by atoms with Crippen LogP contribution in [0.1, 0.15) is 70.4 Å². The monoisotopic (exact) mass is 1020 g/mol. The third-order valence-corrected chi connectivity index (χ3v) is 9.87. The van der Waals surface area contributed by atoms with Crippen LogP contribution in [0.5, 0.6) is 0 Å². The first kappa shape index (κ1) is 66.0. The molecule has 0 bridgehead atoms. The van der Waals surface area contributed by atoms with Crippen LogP contribution in [0.25, 0.3) is 0 Å². The minimum atomic E-state index is -2.17. The Morgan fingerprint density at radius 3 is 1.31 bits per heavy atom. The van der Waals surface area contributed by atoms with Gasteiger partial charge in [-0.05, 0) is 49.9 Å². The fourth-order valence-corrected chi connectivity index (χ4v) is 7.36. The van der Waals surface area contributed by atoms with Gasteiger partial charge in [-0.3, -0.25) is 36.6 Å². The van der Waals surface area contributed by atoms with Gasteiger partial charge in [-0.2, -0.15) is 0 Å². The Morgan fingerprint density at radius 2 is 0.985 bits per heavy atom. The SMILES string of the molecule is CC(=O)O.CC(=O)O[B-]OC(C)=O.CS(C)(=N)=O.CS(C)(=O)=NC1CCN(C(=O)OCc2ccccc2)CC1.CS(C)(=O)=NC1CCNCC1.O=C1CCN(C(=O)OCc2ccccc2)CC1.[Na+]. The van der Waals surface area contributed by atoms with Crippen LogP contribution in [0, 0.1) is 4.78 Å². The van der Waals surface area contributed by atoms with E-state index in [4.69, 9.17) is 24.2 Å². The predicted octanol–water partition coefficient (Wildman–Crippen LogP) is 2.00. The molecule has 3 aliphatic heterocycles. The molecule has 0 aromatic heterocycles. The quantitative estimate of drug-likeness (QED) is 0.319. The van der Waals surface area contributed by atoms with Crippen molar-refractivity contribution in [1.82, 2.24) is 15.1 Å². The standard InChI is InChI=1S/C15H22N2O3S.C13H15NO3.C7H16N2OS.C4H6BO4.C2H7NOS.C2H4O2.Na/c1-21(2,19)16-14-8-10-17(11-9-14)15(18)20-12-13-6-4-3-5-7-13;15-12-6-8-14(9-7-12)13(16)17-10-11-4-2-1-3-5-11;1-11(2,10)9-7-3-5-8-6-4-7;1-3(6)8-5-9-4(2)7;1-5(2,3)4;1-2(3)4;/h3-7,14H,8-12H2,1-2H3;1-5H,6-10H2;7-8H,3-6H2,1-2H3;1-2H3;3H,1-2H3;1H3,(H,3,4);/q;;;-1;;;+1. The number of benzene rings is 2. The first-order chi connectivity index (χ1) is 31.1. The number of hydrogen-bond donors (Lipinski definition) is 3. The van der Waals surface area contributed by atoms with Gasteiger partial charge in [-0.15, -0.1) is 0 Å². The Morgan fingerprint density at radius 1 is 0.662 bits per heavy atom. The molecule has 0 aliphatic carbocycles. The Balaban J connectivity index is 0. The summed E-state index contributed by atoms with van der Waals surface area (Å²) in [6.07, 6.45) is 13.3. The molecule has 0 saturated carbocycles. The van der Waals surface area contributed by atoms with Crippen LogP contribution in [0.15, 0.2) is 69.4 Å². The van der Waals surface area contributed by atoms with Crippen molar-refractivity contribution < 1.29 is 94.8 Å². The van der Waals surface area contributed by atoms with Gasteiger partial charge in [0.05, 0.1) is 12.1 Å². The number of rotatable bonds is 8. The van der Waals surface area contributed by atoms with E-state index in [-0.39, 0.29) is 60.2 Å². The number of nitrogens with zero attached hydrogens (tertiary/aromatic N) is 4. The third kappa shape index (κ3) is 42.1. The Bertz CT molecular complexity index is 2140. The molecule has 5 rings (SSSR count). The summed E-state index contributed by atoms with van der Waals surface area (Å²) < 4.78 is 66.6. The van der Waals surface area contributed by atoms with Crippen LogP contribution >= 0.6 is 0 Å². The zero-order chi connectivity index (χ0) is 51.1. The van der Waals surface area contributed by atoms with E-state index in [0.29, 0.717) is 59.4 Å². The number of nitrogens with one attached hydrogen (secondary N) is 2. The topological polar surface area (TPSA) is 278 Å². The molecule has 3 heterocycles. The van der Waals surface area contributed by atoms with Crippen molar-refractivity contribution in [2.75, 3.05) is 76.8 Å². The number of carbonyl (C=O) groups is 6. The second-order valence-corrected chi connectivity index (χ2v) is 23.6. The molecular formula is C43H70BN6NaO14S3. The summed E-state index contributed by atoms with van der Waals surface area (Å²) in [5.41, 5.74) is 1.95. The molecule has 3 aliphatic rings. The molecule has 378 valence electrons. The van der Waals surface area contributed by atoms with Gasteiger partial charge in [0.1, 0.15) is 26.7 Å². The predicted molar refractivity (Wildman–Crippen MR) is 260 cm³/mol. The van der Waals surface area contributed by atoms with Gasteiger partial charge < -0.3 is 39.0 Å². The normalized spacial score (nSPS) is 14.9. The number of piperidine rings is 3. The van der Waals surface area contributed by atoms with Crippen molar-refractivity contribution in [2.45, 2.75) is 84.6 Å². The van der Waals surface area contributed by atoms with Crippen molar-refractivity contribution in [1.29, 1.82) is 4.78 Å². The number of carbonyl (C=O) groups excluding carboxylic acids is 5. The van der Waals surface area contributed by atoms with Gasteiger partial charge in [0.25, 0.3) is 17.9 Å². The molecule has 0 spiro atoms. The zero-order valence-corrected chi connectivity index (χ0v) is 45.6. The van der Waals surface area contributed by atoms with E-state index in [1.165, 1.54) is 26.4 Å². The number of hydrogen-bond acceptors (Lipinski definition) is 17. The van der Waals surface area contributed by atoms with E-state index in [1.807, 2.05) is 60.7 Å². The van der Waals surface area contributed by atoms with Gasteiger partial charge >= 0.3 is 41.7 Å². The molecule has 2 aromatic carbocycles. The largest absolute Gasteiger partial charge is 1.00 e. The number of Topliss-reactive ketones (excluding diaryl/α,β-unsaturated/α-hetero) is 1. The molecule has 0 atom stereocenters. The fourth-order valence-electron chi connectivity index (χ4n) is 5.50. The van der Waals surface area contributed by atoms with Gasteiger partial charge in [0, 0.05) is 127 Å². The third-order valence-electron chi connectivity index (χ3n) is 8.25. The second kappa shape index (κ2) is 36.0. The van der Waals surface area contributed by atoms with Crippen LogP contribution in [0.4, 0.5) is 9.59 Å². The number of amides is 2. The molecule has 3 saturated heterocycles. The molecule has 0 unspecified atom stereocenters. The first-order valence-electron chi connectivity index (χ1n) is 21.1. The van der Waals surface area contributed by atoms with Crippen molar-refractivity contribution in [3.63, 3.8) is 0 Å². The minimum absolute atomic E-state index is 0. The number of ketones is 1. The molecule has 2 amide bonds. The summed E-state index contributed by atoms with van der Waals surface area (Å²) in [5, 5.41) is 10.7. The summed E-state index contributed by atoms with van der Waals surface area (Å²) in [6, 6.07) is 19.6. The van der Waals surface area contributed by atoms with Crippen LogP contribution in [0.2, 0.25) is 0 Å². The van der Waals surface area contributed by atoms with Gasteiger partial charge in [0.2, 0.25) is 0 Å². The number of carboxylic acids is 1. The van der Waals surface area contributed by atoms with E-state index in [0.717, 1.165) is 56.8 Å². The Hall–Kier alpha value is -4.07. The first-order valence-corrected chi connectivity index (χ1v) is 28.2. The van der Waals surface area contributed by atoms with Crippen molar-refractivity contribution >= 4 is 72.7 Å². The van der Waals surface area contributed by atoms with Gasteiger partial charge in [-0.1, -0.05) is 60.7 Å². The number of aliphatic carboxylic acids is 1. The summed E-state index contributed by atoms with van der Waals surface area (Å²) in [4.78, 5) is 66.9. The number of likely N-dealkylation sites (tertiary alicyclic amines) is 2. The van der Waals surface area contributed by atoms with Crippen molar-refractivity contribution in [3.8, 4) is 0 Å². The van der Waals surface area contributed by atoms with Crippen LogP contribution in [-0.2, 0) is 80.4 Å². The van der Waals surface area contributed by atoms with E-state index >= 15 is 0 Å². The fraction of sp³-hybridized carbons (Fsp3) is 0.581. The maximum Gasteiger partial charge on any atom is 1.00 e. The second-order valence-electron chi connectivity index (χ2n) is 15.9. The smallest absolute Gasteiger partial charge is 0.702 e. The molecule has 2 aromatic rings. The number of carboxylic acid groups (broad SMARTS) is 1. The average molecular weight is 1030 g/mol. The maximum absolute atomic E-state index is 12.0. The molecule has 3 fully saturated rings. The summed E-state index contributed by atoms with van der Waals surface area (Å²) in [6.45, 7) is 8.28. The minimum Gasteiger partial charge on any atom is -0.702 e. The average Bonchev–Trinajstić information content (AvgIpc) is 3.22. The van der Waals surface area contributed by atoms with Gasteiger partial charge in [0.15, 0.2) is 0 Å². The maximum atomic E-state index is 12.0. The summed E-state index contributed by atoms with van der Waals surface area (Å²) >= 11 is 0. The van der Waals surface area contributed by atoms with Crippen LogP contribution in [-0.4, -0.2) is 160 Å². The molecule has 68 heavy (non-hydrogen) atoms. The molecule has 3 N–H and O–H groups in total. The van der Waals surface area contributed by atoms with Crippen LogP contribution in [0.3, 0.4) is 0 Å².